The van der Waals surface area contributed by atoms with Crippen molar-refractivity contribution in [2.75, 3.05) is 0 Å². The van der Waals surface area contributed by atoms with Gasteiger partial charge in [0.25, 0.3) is 0 Å². The monoisotopic (exact) mass is 712 g/mol. The van der Waals surface area contributed by atoms with Crippen LogP contribution in [0.25, 0.3) is 43.8 Å². The van der Waals surface area contributed by atoms with E-state index in [4.69, 9.17) is 0 Å². The zero-order valence-corrected chi connectivity index (χ0v) is 33.7. The Hall–Kier alpha value is -2.80. The van der Waals surface area contributed by atoms with Gasteiger partial charge in [0.1, 0.15) is 0 Å². The van der Waals surface area contributed by atoms with E-state index in [1.807, 2.05) is 0 Å². The summed E-state index contributed by atoms with van der Waals surface area (Å²) < 4.78 is 0. The molecule has 242 valence electrons. The van der Waals surface area contributed by atoms with Gasteiger partial charge in [0.2, 0.25) is 0 Å². The Labute approximate surface area is 300 Å². The Morgan fingerprint density at radius 1 is 0.617 bits per heavy atom. The maximum absolute atomic E-state index is 2.40. The Bertz CT molecular complexity index is 1860. The van der Waals surface area contributed by atoms with Gasteiger partial charge in [-0.25, -0.2) is 0 Å². The molecule has 0 fully saturated rings. The van der Waals surface area contributed by atoms with Crippen molar-refractivity contribution in [1.29, 1.82) is 0 Å². The molecule has 0 nitrogen and oxygen atoms in total. The summed E-state index contributed by atoms with van der Waals surface area (Å²) in [5.41, 5.74) is 11.2. The first-order valence-electron chi connectivity index (χ1n) is 17.6. The Morgan fingerprint density at radius 2 is 1.06 bits per heavy atom. The molecule has 1 unspecified atom stereocenters. The van der Waals surface area contributed by atoms with E-state index >= 15 is 0 Å². The van der Waals surface area contributed by atoms with E-state index < -0.39 is 0 Å². The number of rotatable bonds is 8. The third-order valence-electron chi connectivity index (χ3n) is 9.06. The summed E-state index contributed by atoms with van der Waals surface area (Å²) in [7, 11) is 0. The second-order valence-corrected chi connectivity index (χ2v) is 23.2. The molecule has 6 rings (SSSR count). The molecule has 1 atom stereocenters. The van der Waals surface area contributed by atoms with E-state index in [1.165, 1.54) is 78.9 Å². The molecule has 6 aromatic carbocycles. The summed E-state index contributed by atoms with van der Waals surface area (Å²) in [4.78, 5) is 0. The average Bonchev–Trinajstić information content (AvgIpc) is 3.70. The zero-order valence-electron chi connectivity index (χ0n) is 30.2. The third kappa shape index (κ3) is 9.87. The van der Waals surface area contributed by atoms with Gasteiger partial charge in [-0.05, 0) is 52.8 Å². The predicted molar refractivity (Wildman–Crippen MR) is 208 cm³/mol. The first-order chi connectivity index (χ1) is 22.5. The van der Waals surface area contributed by atoms with Gasteiger partial charge in [0, 0.05) is 0 Å². The van der Waals surface area contributed by atoms with Crippen LogP contribution in [0.3, 0.4) is 0 Å². The van der Waals surface area contributed by atoms with Crippen LogP contribution in [0.4, 0.5) is 0 Å². The van der Waals surface area contributed by atoms with E-state index in [0.29, 0.717) is 17.8 Å². The van der Waals surface area contributed by atoms with E-state index in [2.05, 4.69) is 171 Å². The molecular weight excluding hydrogens is 660 g/mol. The molecule has 0 aromatic heterocycles. The van der Waals surface area contributed by atoms with Gasteiger partial charge in [0.15, 0.2) is 0 Å². The molecule has 0 aliphatic rings. The predicted octanol–water partition coefficient (Wildman–Crippen LogP) is 13.9. The van der Waals surface area contributed by atoms with Crippen molar-refractivity contribution in [3.8, 4) is 22.3 Å². The van der Waals surface area contributed by atoms with Gasteiger partial charge < -0.3 is 0 Å². The molecule has 0 bridgehead atoms. The van der Waals surface area contributed by atoms with Crippen LogP contribution in [0.15, 0.2) is 109 Å². The van der Waals surface area contributed by atoms with Crippen LogP contribution in [0.5, 0.6) is 0 Å². The number of aryl methyl sites for hydroxylation is 1. The van der Waals surface area contributed by atoms with Crippen molar-refractivity contribution in [3.63, 3.8) is 0 Å². The van der Waals surface area contributed by atoms with Crippen molar-refractivity contribution in [2.45, 2.75) is 98.6 Å². The molecule has 47 heavy (non-hydrogen) atoms. The molecule has 0 saturated carbocycles. The summed E-state index contributed by atoms with van der Waals surface area (Å²) in [5, 5.41) is 5.49. The zero-order chi connectivity index (χ0) is 34.1. The Kier molecular flexibility index (Phi) is 13.8. The number of benzene rings is 4. The second-order valence-electron chi connectivity index (χ2n) is 13.9. The Balaban J connectivity index is 0.000000193. The Morgan fingerprint density at radius 3 is 1.49 bits per heavy atom. The number of hydrogen-bond donors (Lipinski definition) is 0. The standard InChI is InChI=1S/C23H27.C20H21.C2H6Si.Zr/c1-5-7-17(4)21-14-20-8-6-9-22(23(20)15-21)19-12-10-18(11-13-19)16(2)3;1-4-15-12-18-6-5-7-19(20(18)13-15)17-10-8-16(9-11-17)14(2)3;1-3-2;/h6,8-17H,5,7H2,1-4H3;5-14H,4H2,1-3H3;1-2H3;/q2*-1;;+2. The first-order valence-corrected chi connectivity index (χ1v) is 23.8. The molecule has 0 amide bonds. The second kappa shape index (κ2) is 17.6. The van der Waals surface area contributed by atoms with Crippen LogP contribution in [0, 0.1) is 0 Å². The molecule has 0 aliphatic carbocycles. The maximum atomic E-state index is 2.40. The quantitative estimate of drug-likeness (QED) is 0.109. The SMILES string of the molecule is CCCC(C)c1cc2c(-c3ccc(C(C)C)cc3)cccc2[cH-]1.CCc1cc2c(-c3ccc(C(C)C)cc3)cccc2[cH-]1.C[Si](C)=[Zr+2]. The number of hydrogen-bond acceptors (Lipinski definition) is 0. The van der Waals surface area contributed by atoms with E-state index in [9.17, 15) is 0 Å². The van der Waals surface area contributed by atoms with Crippen LogP contribution < -0.4 is 0 Å². The normalized spacial score (nSPS) is 11.8. The van der Waals surface area contributed by atoms with Crippen LogP contribution in [-0.2, 0) is 29.8 Å². The van der Waals surface area contributed by atoms with Gasteiger partial charge in [0.05, 0.1) is 0 Å². The van der Waals surface area contributed by atoms with Crippen LogP contribution >= 0.6 is 0 Å². The molecule has 0 saturated heterocycles. The summed E-state index contributed by atoms with van der Waals surface area (Å²) in [6.45, 7) is 20.4. The minimum atomic E-state index is 0.210. The van der Waals surface area contributed by atoms with E-state index in [0.717, 1.165) is 6.42 Å². The molecule has 0 radical (unpaired) electrons. The van der Waals surface area contributed by atoms with Crippen LogP contribution in [0.2, 0.25) is 13.1 Å². The topological polar surface area (TPSA) is 0 Å². The van der Waals surface area contributed by atoms with Gasteiger partial charge in [-0.3, -0.25) is 0 Å². The van der Waals surface area contributed by atoms with Crippen molar-refractivity contribution < 1.29 is 23.3 Å². The van der Waals surface area contributed by atoms with Crippen LogP contribution in [-0.4, -0.2) is 5.43 Å². The van der Waals surface area contributed by atoms with Gasteiger partial charge in [-0.15, -0.1) is 69.1 Å². The van der Waals surface area contributed by atoms with Gasteiger partial charge >= 0.3 is 41.9 Å². The molecule has 0 aliphatic heterocycles. The molecule has 0 heterocycles. The van der Waals surface area contributed by atoms with Gasteiger partial charge in [-0.2, -0.15) is 12.1 Å². The van der Waals surface area contributed by atoms with Gasteiger partial charge in [-0.1, -0.05) is 127 Å². The summed E-state index contributed by atoms with van der Waals surface area (Å²) in [6.07, 6.45) is 3.60. The third-order valence-corrected chi connectivity index (χ3v) is 9.06. The molecule has 0 spiro atoms. The molecular formula is C45H54SiZr. The van der Waals surface area contributed by atoms with Crippen molar-refractivity contribution >= 4 is 27.0 Å². The summed E-state index contributed by atoms with van der Waals surface area (Å²) >= 11 is 1.74. The summed E-state index contributed by atoms with van der Waals surface area (Å²) in [6, 6.07) is 40.8. The van der Waals surface area contributed by atoms with Crippen molar-refractivity contribution in [2.24, 2.45) is 0 Å². The molecule has 0 N–H and O–H groups in total. The average molecular weight is 714 g/mol. The fourth-order valence-electron chi connectivity index (χ4n) is 6.24. The fourth-order valence-corrected chi connectivity index (χ4v) is 6.24. The fraction of sp³-hybridized carbons (Fsp3) is 0.333. The van der Waals surface area contributed by atoms with Crippen molar-refractivity contribution in [3.05, 3.63) is 131 Å². The minimum absolute atomic E-state index is 0.210. The number of fused-ring (bicyclic) bond motifs is 2. The van der Waals surface area contributed by atoms with Crippen LogP contribution in [0.1, 0.15) is 101 Å². The van der Waals surface area contributed by atoms with E-state index in [1.54, 1.807) is 23.3 Å². The first kappa shape index (κ1) is 37.0. The molecule has 2 heteroatoms. The molecule has 6 aromatic rings. The van der Waals surface area contributed by atoms with Crippen molar-refractivity contribution in [1.82, 2.24) is 0 Å². The van der Waals surface area contributed by atoms with E-state index in [-0.39, 0.29) is 5.43 Å². The summed E-state index contributed by atoms with van der Waals surface area (Å²) in [5.74, 6) is 1.81.